The highest BCUT2D eigenvalue weighted by Gasteiger charge is 2.12. The summed E-state index contributed by atoms with van der Waals surface area (Å²) in [5.74, 6) is 0. The van der Waals surface area contributed by atoms with Crippen molar-refractivity contribution in [1.82, 2.24) is 0 Å². The monoisotopic (exact) mass is 371 g/mol. The van der Waals surface area contributed by atoms with Crippen molar-refractivity contribution in [2.24, 2.45) is 0 Å². The number of anilines is 1. The Morgan fingerprint density at radius 3 is 2.20 bits per heavy atom. The van der Waals surface area contributed by atoms with Crippen molar-refractivity contribution >= 4 is 44.8 Å². The zero-order valence-electron chi connectivity index (χ0n) is 11.6. The molecule has 0 saturated heterocycles. The highest BCUT2D eigenvalue weighted by molar-refractivity contribution is 9.10. The maximum absolute atomic E-state index is 6.27. The fraction of sp³-hybridized carbons (Fsp3) is 0.250. The minimum Gasteiger partial charge on any atom is -0.377 e. The number of hydrogen-bond donors (Lipinski definition) is 1. The fourth-order valence-electron chi connectivity index (χ4n) is 2.21. The van der Waals surface area contributed by atoms with Crippen molar-refractivity contribution in [2.45, 2.75) is 26.8 Å². The Bertz CT molecular complexity index is 620. The van der Waals surface area contributed by atoms with Crippen LogP contribution >= 0.6 is 39.1 Å². The van der Waals surface area contributed by atoms with Crippen LogP contribution in [0.1, 0.15) is 29.7 Å². The molecule has 1 N–H and O–H groups in total. The summed E-state index contributed by atoms with van der Waals surface area (Å²) in [5, 5.41) is 4.48. The number of halogens is 3. The van der Waals surface area contributed by atoms with Crippen molar-refractivity contribution in [2.75, 3.05) is 5.32 Å². The van der Waals surface area contributed by atoms with E-state index in [1.807, 2.05) is 12.1 Å². The molecule has 0 amide bonds. The van der Waals surface area contributed by atoms with E-state index in [0.29, 0.717) is 10.0 Å². The van der Waals surface area contributed by atoms with Gasteiger partial charge >= 0.3 is 0 Å². The van der Waals surface area contributed by atoms with Gasteiger partial charge in [0.1, 0.15) is 0 Å². The Labute approximate surface area is 138 Å². The first-order valence-electron chi connectivity index (χ1n) is 6.36. The van der Waals surface area contributed by atoms with Crippen molar-refractivity contribution in [3.05, 3.63) is 61.5 Å². The first-order valence-corrected chi connectivity index (χ1v) is 7.91. The molecule has 2 aromatic rings. The highest BCUT2D eigenvalue weighted by atomic mass is 79.9. The Balaban J connectivity index is 2.28. The summed E-state index contributed by atoms with van der Waals surface area (Å²) in [7, 11) is 0. The summed E-state index contributed by atoms with van der Waals surface area (Å²) < 4.78 is 0.800. The van der Waals surface area contributed by atoms with Crippen LogP contribution in [0.5, 0.6) is 0 Å². The molecule has 0 aromatic heterocycles. The SMILES string of the molecule is Cc1cc(C)cc(C(C)Nc2ccc(Br)c(Cl)c2Cl)c1. The van der Waals surface area contributed by atoms with E-state index in [1.54, 1.807) is 0 Å². The van der Waals surface area contributed by atoms with Crippen LogP contribution in [0.2, 0.25) is 10.0 Å². The molecule has 4 heteroatoms. The lowest BCUT2D eigenvalue weighted by molar-refractivity contribution is 0.881. The molecule has 2 aromatic carbocycles. The number of rotatable bonds is 3. The predicted octanol–water partition coefficient (Wildman–Crippen LogP) is 6.55. The number of aryl methyl sites for hydroxylation is 2. The topological polar surface area (TPSA) is 12.0 Å². The van der Waals surface area contributed by atoms with Gasteiger partial charge in [-0.15, -0.1) is 0 Å². The minimum atomic E-state index is 0.156. The molecule has 0 saturated carbocycles. The van der Waals surface area contributed by atoms with E-state index in [4.69, 9.17) is 23.2 Å². The lowest BCUT2D eigenvalue weighted by Gasteiger charge is -2.18. The third-order valence-corrected chi connectivity index (χ3v) is 4.92. The first kappa shape index (κ1) is 15.7. The van der Waals surface area contributed by atoms with Gasteiger partial charge < -0.3 is 5.32 Å². The molecule has 2 rings (SSSR count). The number of benzene rings is 2. The van der Waals surface area contributed by atoms with Gasteiger partial charge in [0, 0.05) is 10.5 Å². The van der Waals surface area contributed by atoms with Crippen LogP contribution in [0.4, 0.5) is 5.69 Å². The molecule has 0 fully saturated rings. The van der Waals surface area contributed by atoms with Crippen LogP contribution in [0.3, 0.4) is 0 Å². The van der Waals surface area contributed by atoms with Gasteiger partial charge in [-0.2, -0.15) is 0 Å². The predicted molar refractivity (Wildman–Crippen MR) is 92.1 cm³/mol. The van der Waals surface area contributed by atoms with Gasteiger partial charge in [-0.3, -0.25) is 0 Å². The van der Waals surface area contributed by atoms with Gasteiger partial charge in [-0.25, -0.2) is 0 Å². The molecule has 0 spiro atoms. The average molecular weight is 373 g/mol. The lowest BCUT2D eigenvalue weighted by atomic mass is 10.0. The van der Waals surface area contributed by atoms with Gasteiger partial charge in [0.2, 0.25) is 0 Å². The second kappa shape index (κ2) is 6.38. The van der Waals surface area contributed by atoms with Gasteiger partial charge in [-0.1, -0.05) is 52.5 Å². The molecular formula is C16H16BrCl2N. The Morgan fingerprint density at radius 1 is 1.00 bits per heavy atom. The van der Waals surface area contributed by atoms with E-state index in [-0.39, 0.29) is 6.04 Å². The maximum atomic E-state index is 6.27. The number of nitrogens with one attached hydrogen (secondary N) is 1. The Morgan fingerprint density at radius 2 is 1.60 bits per heavy atom. The molecular weight excluding hydrogens is 357 g/mol. The van der Waals surface area contributed by atoms with E-state index in [0.717, 1.165) is 10.2 Å². The summed E-state index contributed by atoms with van der Waals surface area (Å²) >= 11 is 15.8. The molecule has 1 nitrogen and oxygen atoms in total. The number of hydrogen-bond acceptors (Lipinski definition) is 1. The van der Waals surface area contributed by atoms with Crippen LogP contribution in [-0.4, -0.2) is 0 Å². The quantitative estimate of drug-likeness (QED) is 0.602. The molecule has 0 aliphatic heterocycles. The molecule has 106 valence electrons. The van der Waals surface area contributed by atoms with Crippen molar-refractivity contribution in [3.63, 3.8) is 0 Å². The van der Waals surface area contributed by atoms with Gasteiger partial charge in [-0.05, 0) is 54.4 Å². The summed E-state index contributed by atoms with van der Waals surface area (Å²) in [6.45, 7) is 6.32. The zero-order chi connectivity index (χ0) is 14.9. The molecule has 0 aliphatic carbocycles. The second-order valence-corrected chi connectivity index (χ2v) is 6.62. The summed E-state index contributed by atoms with van der Waals surface area (Å²) in [4.78, 5) is 0. The zero-order valence-corrected chi connectivity index (χ0v) is 14.7. The summed E-state index contributed by atoms with van der Waals surface area (Å²) in [6.07, 6.45) is 0. The molecule has 1 unspecified atom stereocenters. The van der Waals surface area contributed by atoms with Crippen molar-refractivity contribution in [1.29, 1.82) is 0 Å². The Kier molecular flexibility index (Phi) is 5.00. The molecule has 0 bridgehead atoms. The van der Waals surface area contributed by atoms with Crippen LogP contribution in [0.25, 0.3) is 0 Å². The Hall–Kier alpha value is -0.700. The standard InChI is InChI=1S/C16H16BrCl2N/c1-9-6-10(2)8-12(7-9)11(3)20-14-5-4-13(17)15(18)16(14)19/h4-8,11,20H,1-3H3. The van der Waals surface area contributed by atoms with E-state index in [1.165, 1.54) is 16.7 Å². The molecule has 1 atom stereocenters. The van der Waals surface area contributed by atoms with Gasteiger partial charge in [0.15, 0.2) is 0 Å². The van der Waals surface area contributed by atoms with Crippen LogP contribution in [0.15, 0.2) is 34.8 Å². The third kappa shape index (κ3) is 3.49. The smallest absolute Gasteiger partial charge is 0.0835 e. The van der Waals surface area contributed by atoms with E-state index in [2.05, 4.69) is 60.2 Å². The second-order valence-electron chi connectivity index (χ2n) is 5.01. The van der Waals surface area contributed by atoms with E-state index < -0.39 is 0 Å². The van der Waals surface area contributed by atoms with Crippen molar-refractivity contribution in [3.8, 4) is 0 Å². The molecule has 0 aliphatic rings. The van der Waals surface area contributed by atoms with Crippen LogP contribution in [-0.2, 0) is 0 Å². The van der Waals surface area contributed by atoms with Crippen LogP contribution < -0.4 is 5.32 Å². The highest BCUT2D eigenvalue weighted by Crippen LogP contribution is 2.37. The fourth-order valence-corrected chi connectivity index (χ4v) is 3.04. The molecule has 0 heterocycles. The maximum Gasteiger partial charge on any atom is 0.0835 e. The summed E-state index contributed by atoms with van der Waals surface area (Å²) in [6, 6.07) is 10.5. The lowest BCUT2D eigenvalue weighted by Crippen LogP contribution is -2.07. The summed E-state index contributed by atoms with van der Waals surface area (Å²) in [5.41, 5.74) is 4.59. The first-order chi connectivity index (χ1) is 9.38. The van der Waals surface area contributed by atoms with Crippen molar-refractivity contribution < 1.29 is 0 Å². The minimum absolute atomic E-state index is 0.156. The van der Waals surface area contributed by atoms with Gasteiger partial charge in [0.05, 0.1) is 15.7 Å². The third-order valence-electron chi connectivity index (χ3n) is 3.15. The average Bonchev–Trinajstić information content (AvgIpc) is 2.38. The largest absolute Gasteiger partial charge is 0.377 e. The molecule has 20 heavy (non-hydrogen) atoms. The van der Waals surface area contributed by atoms with Crippen LogP contribution in [0, 0.1) is 13.8 Å². The van der Waals surface area contributed by atoms with Gasteiger partial charge in [0.25, 0.3) is 0 Å². The van der Waals surface area contributed by atoms with E-state index in [9.17, 15) is 0 Å². The normalized spacial score (nSPS) is 12.3. The van der Waals surface area contributed by atoms with E-state index >= 15 is 0 Å². The molecule has 0 radical (unpaired) electrons.